The van der Waals surface area contributed by atoms with Crippen LogP contribution in [0.1, 0.15) is 51.9 Å². The van der Waals surface area contributed by atoms with Crippen molar-refractivity contribution in [2.45, 2.75) is 51.9 Å². The summed E-state index contributed by atoms with van der Waals surface area (Å²) < 4.78 is 5.13. The van der Waals surface area contributed by atoms with Crippen LogP contribution >= 0.6 is 0 Å². The summed E-state index contributed by atoms with van der Waals surface area (Å²) in [6.45, 7) is 3.58. The second-order valence-electron chi connectivity index (χ2n) is 4.54. The Morgan fingerprint density at radius 2 is 1.69 bits per heavy atom. The van der Waals surface area contributed by atoms with Crippen molar-refractivity contribution in [2.24, 2.45) is 0 Å². The van der Waals surface area contributed by atoms with E-state index in [0.29, 0.717) is 13.0 Å². The second kappa shape index (κ2) is 10.9. The van der Waals surface area contributed by atoms with E-state index in [4.69, 9.17) is 4.74 Å². The van der Waals surface area contributed by atoms with Crippen LogP contribution in [-0.4, -0.2) is 38.1 Å². The normalized spacial score (nSPS) is 10.8. The lowest BCUT2D eigenvalue weighted by molar-refractivity contribution is -0.144. The SMILES string of the molecule is CCCCCCCCOC(=O)CCN(C)C. The number of carbonyl (C=O) groups excluding carboxylic acids is 1. The van der Waals surface area contributed by atoms with Gasteiger partial charge in [0.2, 0.25) is 0 Å². The Morgan fingerprint density at radius 1 is 1.06 bits per heavy atom. The van der Waals surface area contributed by atoms with Crippen LogP contribution in [0.25, 0.3) is 0 Å². The number of esters is 1. The number of rotatable bonds is 10. The van der Waals surface area contributed by atoms with Crippen molar-refractivity contribution in [3.05, 3.63) is 0 Å². The molecule has 0 rings (SSSR count). The van der Waals surface area contributed by atoms with Crippen LogP contribution in [-0.2, 0) is 9.53 Å². The zero-order valence-corrected chi connectivity index (χ0v) is 11.1. The number of hydrogen-bond donors (Lipinski definition) is 0. The molecule has 0 aliphatic carbocycles. The number of carbonyl (C=O) groups is 1. The third kappa shape index (κ3) is 11.5. The predicted molar refractivity (Wildman–Crippen MR) is 67.5 cm³/mol. The molecule has 3 nitrogen and oxygen atoms in total. The Kier molecular flexibility index (Phi) is 10.5. The second-order valence-corrected chi connectivity index (χ2v) is 4.54. The fraction of sp³-hybridized carbons (Fsp3) is 0.923. The Hall–Kier alpha value is -0.570. The van der Waals surface area contributed by atoms with Crippen LogP contribution < -0.4 is 0 Å². The van der Waals surface area contributed by atoms with E-state index in [1.807, 2.05) is 19.0 Å². The molecule has 0 spiro atoms. The Morgan fingerprint density at radius 3 is 2.31 bits per heavy atom. The number of hydrogen-bond acceptors (Lipinski definition) is 3. The highest BCUT2D eigenvalue weighted by Gasteiger charge is 2.02. The van der Waals surface area contributed by atoms with Crippen molar-refractivity contribution in [1.82, 2.24) is 4.90 Å². The summed E-state index contributed by atoms with van der Waals surface area (Å²) in [6, 6.07) is 0. The molecule has 3 heteroatoms. The molecule has 96 valence electrons. The molecule has 0 aliphatic heterocycles. The van der Waals surface area contributed by atoms with Crippen LogP contribution in [0.4, 0.5) is 0 Å². The van der Waals surface area contributed by atoms with Gasteiger partial charge in [0.25, 0.3) is 0 Å². The summed E-state index contributed by atoms with van der Waals surface area (Å²) >= 11 is 0. The Balaban J connectivity index is 3.15. The molecule has 0 amide bonds. The third-order valence-electron chi connectivity index (χ3n) is 2.52. The monoisotopic (exact) mass is 229 g/mol. The maximum absolute atomic E-state index is 11.2. The quantitative estimate of drug-likeness (QED) is 0.426. The largest absolute Gasteiger partial charge is 0.466 e. The first-order chi connectivity index (χ1) is 7.66. The lowest BCUT2D eigenvalue weighted by atomic mass is 10.1. The first-order valence-electron chi connectivity index (χ1n) is 6.47. The van der Waals surface area contributed by atoms with Crippen molar-refractivity contribution in [3.63, 3.8) is 0 Å². The van der Waals surface area contributed by atoms with Crippen molar-refractivity contribution >= 4 is 5.97 Å². The van der Waals surface area contributed by atoms with Gasteiger partial charge in [-0.05, 0) is 20.5 Å². The van der Waals surface area contributed by atoms with Gasteiger partial charge in [-0.3, -0.25) is 4.79 Å². The fourth-order valence-corrected chi connectivity index (χ4v) is 1.46. The maximum Gasteiger partial charge on any atom is 0.307 e. The van der Waals surface area contributed by atoms with Crippen LogP contribution in [0.3, 0.4) is 0 Å². The van der Waals surface area contributed by atoms with Crippen LogP contribution in [0, 0.1) is 0 Å². The zero-order chi connectivity index (χ0) is 12.2. The van der Waals surface area contributed by atoms with Crippen LogP contribution in [0.15, 0.2) is 0 Å². The Bertz CT molecular complexity index is 169. The highest BCUT2D eigenvalue weighted by Crippen LogP contribution is 2.05. The minimum atomic E-state index is -0.0674. The van der Waals surface area contributed by atoms with Gasteiger partial charge in [0, 0.05) is 6.54 Å². The molecule has 0 aromatic carbocycles. The van der Waals surface area contributed by atoms with E-state index in [-0.39, 0.29) is 5.97 Å². The van der Waals surface area contributed by atoms with Gasteiger partial charge in [-0.25, -0.2) is 0 Å². The average Bonchev–Trinajstić information content (AvgIpc) is 2.25. The predicted octanol–water partition coefficient (Wildman–Crippen LogP) is 2.84. The molecule has 16 heavy (non-hydrogen) atoms. The van der Waals surface area contributed by atoms with Gasteiger partial charge in [-0.15, -0.1) is 0 Å². The van der Waals surface area contributed by atoms with Gasteiger partial charge in [0.05, 0.1) is 13.0 Å². The van der Waals surface area contributed by atoms with Gasteiger partial charge in [0.1, 0.15) is 0 Å². The summed E-state index contributed by atoms with van der Waals surface area (Å²) in [6.07, 6.45) is 7.87. The van der Waals surface area contributed by atoms with E-state index in [2.05, 4.69) is 6.92 Å². The summed E-state index contributed by atoms with van der Waals surface area (Å²) in [5.41, 5.74) is 0. The number of ether oxygens (including phenoxy) is 1. The van der Waals surface area contributed by atoms with E-state index in [0.717, 1.165) is 13.0 Å². The molecule has 0 unspecified atom stereocenters. The van der Waals surface area contributed by atoms with Crippen molar-refractivity contribution in [2.75, 3.05) is 27.2 Å². The molecular weight excluding hydrogens is 202 g/mol. The third-order valence-corrected chi connectivity index (χ3v) is 2.52. The van der Waals surface area contributed by atoms with Crippen LogP contribution in [0.2, 0.25) is 0 Å². The average molecular weight is 229 g/mol. The van der Waals surface area contributed by atoms with Gasteiger partial charge >= 0.3 is 5.97 Å². The molecule has 0 aliphatic rings. The van der Waals surface area contributed by atoms with E-state index in [1.54, 1.807) is 0 Å². The summed E-state index contributed by atoms with van der Waals surface area (Å²) in [7, 11) is 3.92. The van der Waals surface area contributed by atoms with Gasteiger partial charge in [-0.1, -0.05) is 39.0 Å². The highest BCUT2D eigenvalue weighted by molar-refractivity contribution is 5.69. The topological polar surface area (TPSA) is 29.5 Å². The van der Waals surface area contributed by atoms with Crippen molar-refractivity contribution in [1.29, 1.82) is 0 Å². The first kappa shape index (κ1) is 15.4. The summed E-state index contributed by atoms with van der Waals surface area (Å²) in [5.74, 6) is -0.0674. The summed E-state index contributed by atoms with van der Waals surface area (Å²) in [4.78, 5) is 13.2. The van der Waals surface area contributed by atoms with Crippen molar-refractivity contribution in [3.8, 4) is 0 Å². The van der Waals surface area contributed by atoms with Crippen molar-refractivity contribution < 1.29 is 9.53 Å². The molecule has 0 bridgehead atoms. The van der Waals surface area contributed by atoms with E-state index in [9.17, 15) is 4.79 Å². The van der Waals surface area contributed by atoms with Gasteiger partial charge in [-0.2, -0.15) is 0 Å². The zero-order valence-electron chi connectivity index (χ0n) is 11.1. The highest BCUT2D eigenvalue weighted by atomic mass is 16.5. The van der Waals surface area contributed by atoms with Gasteiger partial charge < -0.3 is 9.64 Å². The molecule has 0 aromatic rings. The minimum Gasteiger partial charge on any atom is -0.466 e. The molecular formula is C13H27NO2. The smallest absolute Gasteiger partial charge is 0.307 e. The molecule has 0 N–H and O–H groups in total. The lowest BCUT2D eigenvalue weighted by Crippen LogP contribution is -2.18. The molecule has 0 saturated heterocycles. The van der Waals surface area contributed by atoms with Crippen LogP contribution in [0.5, 0.6) is 0 Å². The van der Waals surface area contributed by atoms with E-state index in [1.165, 1.54) is 32.1 Å². The first-order valence-corrected chi connectivity index (χ1v) is 6.47. The molecule has 0 heterocycles. The number of unbranched alkanes of at least 4 members (excludes halogenated alkanes) is 5. The Labute approximate surface area is 100 Å². The fourth-order valence-electron chi connectivity index (χ4n) is 1.46. The minimum absolute atomic E-state index is 0.0674. The van der Waals surface area contributed by atoms with E-state index >= 15 is 0 Å². The lowest BCUT2D eigenvalue weighted by Gasteiger charge is -2.09. The standard InChI is InChI=1S/C13H27NO2/c1-4-5-6-7-8-9-12-16-13(15)10-11-14(2)3/h4-12H2,1-3H3. The maximum atomic E-state index is 11.2. The number of nitrogens with zero attached hydrogens (tertiary/aromatic N) is 1. The molecule has 0 aromatic heterocycles. The van der Waals surface area contributed by atoms with Gasteiger partial charge in [0.15, 0.2) is 0 Å². The molecule has 0 atom stereocenters. The molecule has 0 saturated carbocycles. The molecule has 0 fully saturated rings. The summed E-state index contributed by atoms with van der Waals surface area (Å²) in [5, 5.41) is 0. The molecule has 0 radical (unpaired) electrons. The van der Waals surface area contributed by atoms with E-state index < -0.39 is 0 Å².